The molecule has 0 bridgehead atoms. The van der Waals surface area contributed by atoms with Gasteiger partial charge in [0.15, 0.2) is 17.3 Å². The van der Waals surface area contributed by atoms with E-state index >= 15 is 0 Å². The number of nitrogens with zero attached hydrogens (tertiary/aromatic N) is 3. The first kappa shape index (κ1) is 17.1. The van der Waals surface area contributed by atoms with Crippen LogP contribution in [0.15, 0.2) is 39.5 Å². The quantitative estimate of drug-likeness (QED) is 0.729. The summed E-state index contributed by atoms with van der Waals surface area (Å²) in [5, 5.41) is 13.4. The maximum atomic E-state index is 12.6. The number of anilines is 1. The number of H-pyrrole nitrogens is 1. The number of likely N-dealkylation sites (tertiary alicyclic amines) is 1. The number of amides is 2. The van der Waals surface area contributed by atoms with Gasteiger partial charge in [0.05, 0.1) is 6.26 Å². The van der Waals surface area contributed by atoms with E-state index in [0.717, 1.165) is 0 Å². The predicted octanol–water partition coefficient (Wildman–Crippen LogP) is 2.46. The van der Waals surface area contributed by atoms with Crippen molar-refractivity contribution in [2.75, 3.05) is 18.4 Å². The molecular formula is C18H19N5O4. The van der Waals surface area contributed by atoms with Crippen LogP contribution >= 0.6 is 0 Å². The first-order chi connectivity index (χ1) is 13.1. The zero-order valence-electron chi connectivity index (χ0n) is 14.8. The minimum atomic E-state index is -0.163. The summed E-state index contributed by atoms with van der Waals surface area (Å²) in [5.74, 6) is 1.26. The molecule has 9 nitrogen and oxygen atoms in total. The number of aryl methyl sites for hydroxylation is 1. The minimum Gasteiger partial charge on any atom is -0.463 e. The van der Waals surface area contributed by atoms with E-state index in [-0.39, 0.29) is 17.7 Å². The van der Waals surface area contributed by atoms with Gasteiger partial charge in [0.1, 0.15) is 11.5 Å². The number of rotatable bonds is 4. The molecule has 0 saturated carbocycles. The van der Waals surface area contributed by atoms with Gasteiger partial charge in [-0.25, -0.2) is 0 Å². The molecule has 0 aliphatic carbocycles. The lowest BCUT2D eigenvalue weighted by atomic mass is 9.95. The Morgan fingerprint density at radius 2 is 2.11 bits per heavy atom. The van der Waals surface area contributed by atoms with Gasteiger partial charge in [-0.1, -0.05) is 5.16 Å². The number of nitrogens with one attached hydrogen (secondary N) is 2. The molecule has 1 fully saturated rings. The molecule has 1 saturated heterocycles. The summed E-state index contributed by atoms with van der Waals surface area (Å²) in [4.78, 5) is 26.7. The third kappa shape index (κ3) is 3.62. The third-order valence-corrected chi connectivity index (χ3v) is 4.62. The van der Waals surface area contributed by atoms with Gasteiger partial charge in [0.2, 0.25) is 5.91 Å². The number of carbonyl (C=O) groups excluding carboxylic acids is 2. The second-order valence-electron chi connectivity index (χ2n) is 6.52. The smallest absolute Gasteiger partial charge is 0.274 e. The van der Waals surface area contributed by atoms with Crippen molar-refractivity contribution >= 4 is 17.6 Å². The Morgan fingerprint density at radius 1 is 1.30 bits per heavy atom. The summed E-state index contributed by atoms with van der Waals surface area (Å²) in [6.45, 7) is 2.76. The molecule has 1 aliphatic rings. The molecule has 3 aromatic heterocycles. The van der Waals surface area contributed by atoms with Gasteiger partial charge < -0.3 is 19.2 Å². The minimum absolute atomic E-state index is 0.102. The maximum absolute atomic E-state index is 12.6. The van der Waals surface area contributed by atoms with Gasteiger partial charge in [0.25, 0.3) is 5.91 Å². The SMILES string of the molecule is Cc1cc(NC(=O)C2CCN(C(=O)c3cc(-c4ccco4)[nH]n3)CC2)no1. The summed E-state index contributed by atoms with van der Waals surface area (Å²) >= 11 is 0. The third-order valence-electron chi connectivity index (χ3n) is 4.62. The maximum Gasteiger partial charge on any atom is 0.274 e. The van der Waals surface area contributed by atoms with Gasteiger partial charge in [0, 0.05) is 31.1 Å². The lowest BCUT2D eigenvalue weighted by Gasteiger charge is -2.30. The van der Waals surface area contributed by atoms with Gasteiger partial charge in [-0.3, -0.25) is 14.7 Å². The average molecular weight is 369 g/mol. The van der Waals surface area contributed by atoms with Crippen molar-refractivity contribution in [2.24, 2.45) is 5.92 Å². The van der Waals surface area contributed by atoms with Gasteiger partial charge >= 0.3 is 0 Å². The van der Waals surface area contributed by atoms with Crippen molar-refractivity contribution in [3.05, 3.63) is 42.0 Å². The van der Waals surface area contributed by atoms with Gasteiger partial charge in [-0.05, 0) is 31.9 Å². The van der Waals surface area contributed by atoms with Crippen molar-refractivity contribution in [3.63, 3.8) is 0 Å². The molecule has 2 N–H and O–H groups in total. The van der Waals surface area contributed by atoms with Crippen LogP contribution in [0.2, 0.25) is 0 Å². The monoisotopic (exact) mass is 369 g/mol. The van der Waals surface area contributed by atoms with Crippen molar-refractivity contribution in [2.45, 2.75) is 19.8 Å². The number of aromatic amines is 1. The molecule has 9 heteroatoms. The molecule has 4 rings (SSSR count). The van der Waals surface area contributed by atoms with Crippen LogP contribution in [-0.2, 0) is 4.79 Å². The van der Waals surface area contributed by atoms with E-state index in [0.29, 0.717) is 54.7 Å². The van der Waals surface area contributed by atoms with Crippen LogP contribution in [0.3, 0.4) is 0 Å². The van der Waals surface area contributed by atoms with Crippen LogP contribution in [-0.4, -0.2) is 45.2 Å². The van der Waals surface area contributed by atoms with Crippen LogP contribution < -0.4 is 5.32 Å². The molecule has 4 heterocycles. The molecule has 0 atom stereocenters. The average Bonchev–Trinajstić information content (AvgIpc) is 3.43. The van der Waals surface area contributed by atoms with Crippen molar-refractivity contribution < 1.29 is 18.5 Å². The van der Waals surface area contributed by atoms with Gasteiger partial charge in [-0.15, -0.1) is 0 Å². The van der Waals surface area contributed by atoms with Gasteiger partial charge in [-0.2, -0.15) is 5.10 Å². The molecule has 140 valence electrons. The number of hydrogen-bond donors (Lipinski definition) is 2. The molecular weight excluding hydrogens is 350 g/mol. The van der Waals surface area contributed by atoms with Crippen LogP contribution in [0.25, 0.3) is 11.5 Å². The molecule has 0 radical (unpaired) electrons. The first-order valence-electron chi connectivity index (χ1n) is 8.73. The number of piperidine rings is 1. The lowest BCUT2D eigenvalue weighted by molar-refractivity contribution is -0.121. The Balaban J connectivity index is 1.33. The molecule has 1 aliphatic heterocycles. The number of carbonyl (C=O) groups is 2. The Bertz CT molecular complexity index is 935. The summed E-state index contributed by atoms with van der Waals surface area (Å²) in [6, 6.07) is 6.91. The molecule has 0 unspecified atom stereocenters. The van der Waals surface area contributed by atoms with Crippen molar-refractivity contribution in [1.82, 2.24) is 20.3 Å². The van der Waals surface area contributed by atoms with Crippen LogP contribution in [0.1, 0.15) is 29.1 Å². The largest absolute Gasteiger partial charge is 0.463 e. The summed E-state index contributed by atoms with van der Waals surface area (Å²) < 4.78 is 10.2. The Kier molecular flexibility index (Phi) is 4.49. The Hall–Kier alpha value is -3.36. The normalized spacial score (nSPS) is 15.1. The van der Waals surface area contributed by atoms with E-state index in [1.165, 1.54) is 0 Å². The number of hydrogen-bond acceptors (Lipinski definition) is 6. The fourth-order valence-electron chi connectivity index (χ4n) is 3.15. The number of aromatic nitrogens is 3. The van der Waals surface area contributed by atoms with E-state index in [1.807, 2.05) is 0 Å². The second-order valence-corrected chi connectivity index (χ2v) is 6.52. The highest BCUT2D eigenvalue weighted by atomic mass is 16.5. The van der Waals surface area contributed by atoms with Crippen molar-refractivity contribution in [1.29, 1.82) is 0 Å². The van der Waals surface area contributed by atoms with Crippen molar-refractivity contribution in [3.8, 4) is 11.5 Å². The van der Waals surface area contributed by atoms with Crippen LogP contribution in [0, 0.1) is 12.8 Å². The molecule has 3 aromatic rings. The molecule has 0 aromatic carbocycles. The summed E-state index contributed by atoms with van der Waals surface area (Å²) in [6.07, 6.45) is 2.74. The highest BCUT2D eigenvalue weighted by Gasteiger charge is 2.29. The Morgan fingerprint density at radius 3 is 2.78 bits per heavy atom. The summed E-state index contributed by atoms with van der Waals surface area (Å²) in [5.41, 5.74) is 0.989. The van der Waals surface area contributed by atoms with E-state index in [9.17, 15) is 9.59 Å². The van der Waals surface area contributed by atoms with Crippen LogP contribution in [0.5, 0.6) is 0 Å². The number of furan rings is 1. The first-order valence-corrected chi connectivity index (χ1v) is 8.73. The highest BCUT2D eigenvalue weighted by molar-refractivity contribution is 5.94. The lowest BCUT2D eigenvalue weighted by Crippen LogP contribution is -2.41. The standard InChI is InChI=1S/C18H19N5O4/c1-11-9-16(22-27-11)19-17(24)12-4-6-23(7-5-12)18(25)14-10-13(20-21-14)15-3-2-8-26-15/h2-3,8-10,12H,4-7H2,1H3,(H,20,21)(H,19,22,24). The topological polar surface area (TPSA) is 117 Å². The van der Waals surface area contributed by atoms with E-state index in [4.69, 9.17) is 8.94 Å². The Labute approximate surface area is 154 Å². The van der Waals surface area contributed by atoms with E-state index in [1.54, 1.807) is 42.4 Å². The van der Waals surface area contributed by atoms with E-state index < -0.39 is 0 Å². The molecule has 27 heavy (non-hydrogen) atoms. The summed E-state index contributed by atoms with van der Waals surface area (Å²) in [7, 11) is 0. The fraction of sp³-hybridized carbons (Fsp3) is 0.333. The van der Waals surface area contributed by atoms with Crippen LogP contribution in [0.4, 0.5) is 5.82 Å². The zero-order valence-corrected chi connectivity index (χ0v) is 14.8. The highest BCUT2D eigenvalue weighted by Crippen LogP contribution is 2.22. The second kappa shape index (κ2) is 7.10. The fourth-order valence-corrected chi connectivity index (χ4v) is 3.15. The molecule has 0 spiro atoms. The van der Waals surface area contributed by atoms with E-state index in [2.05, 4.69) is 20.7 Å². The molecule has 2 amide bonds. The predicted molar refractivity (Wildman–Crippen MR) is 94.8 cm³/mol. The zero-order chi connectivity index (χ0) is 18.8.